The van der Waals surface area contributed by atoms with E-state index < -0.39 is 5.54 Å². The maximum absolute atomic E-state index is 14.0. The van der Waals surface area contributed by atoms with Crippen LogP contribution in [0, 0.1) is 11.3 Å². The first-order chi connectivity index (χ1) is 21.3. The van der Waals surface area contributed by atoms with E-state index >= 15 is 0 Å². The van der Waals surface area contributed by atoms with Crippen LogP contribution in [0.3, 0.4) is 0 Å². The number of nitrogens with zero attached hydrogens (tertiary/aromatic N) is 7. The van der Waals surface area contributed by atoms with E-state index in [2.05, 4.69) is 26.3 Å². The minimum atomic E-state index is -0.456. The lowest BCUT2D eigenvalue weighted by Gasteiger charge is -2.39. The molecule has 2 aliphatic rings. The summed E-state index contributed by atoms with van der Waals surface area (Å²) in [5.41, 5.74) is 6.98. The second-order valence-electron chi connectivity index (χ2n) is 11.6. The van der Waals surface area contributed by atoms with Gasteiger partial charge in [0.15, 0.2) is 11.5 Å². The Balaban J connectivity index is 1.28. The van der Waals surface area contributed by atoms with Gasteiger partial charge in [-0.2, -0.15) is 5.26 Å². The van der Waals surface area contributed by atoms with E-state index in [0.29, 0.717) is 41.3 Å². The Morgan fingerprint density at radius 1 is 1.07 bits per heavy atom. The summed E-state index contributed by atoms with van der Waals surface area (Å²) in [6, 6.07) is 18.3. The van der Waals surface area contributed by atoms with Gasteiger partial charge in [-0.05, 0) is 62.7 Å². The molecular formula is C32H35N9O3. The Kier molecular flexibility index (Phi) is 7.90. The minimum Gasteiger partial charge on any atom is -0.457 e. The molecule has 0 radical (unpaired) electrons. The monoisotopic (exact) mass is 593 g/mol. The number of fused-ring (bicyclic) bond motifs is 1. The highest BCUT2D eigenvalue weighted by molar-refractivity contribution is 5.97. The lowest BCUT2D eigenvalue weighted by atomic mass is 9.97. The Hall–Kier alpha value is -4.99. The van der Waals surface area contributed by atoms with Crippen LogP contribution in [0.5, 0.6) is 11.5 Å². The lowest BCUT2D eigenvalue weighted by molar-refractivity contribution is -0.125. The molecule has 6 rings (SSSR count). The van der Waals surface area contributed by atoms with Crippen molar-refractivity contribution >= 4 is 22.9 Å². The minimum absolute atomic E-state index is 0.105. The number of para-hydroxylation sites is 1. The van der Waals surface area contributed by atoms with Crippen molar-refractivity contribution in [1.82, 2.24) is 34.2 Å². The fraction of sp³-hybridized carbons (Fsp3) is 0.344. The predicted molar refractivity (Wildman–Crippen MR) is 167 cm³/mol. The van der Waals surface area contributed by atoms with Crippen LogP contribution in [0.1, 0.15) is 26.3 Å². The smallest absolute Gasteiger partial charge is 0.335 e. The van der Waals surface area contributed by atoms with E-state index in [1.807, 2.05) is 44.2 Å². The number of rotatable bonds is 7. The van der Waals surface area contributed by atoms with Crippen molar-refractivity contribution in [3.8, 4) is 23.3 Å². The van der Waals surface area contributed by atoms with E-state index in [1.165, 1.54) is 10.9 Å². The second kappa shape index (κ2) is 11.9. The SMILES string of the molecule is CC(C)(/C=C(/C#N)C(=O)N1CC[C@H](n2c(=O)n(-c3ccc(Oc4ccccc4)cc3)c3c(N)ncnc32)C1)N1CCNCC1. The molecule has 0 bridgehead atoms. The number of amides is 1. The van der Waals surface area contributed by atoms with Crippen molar-refractivity contribution < 1.29 is 9.53 Å². The molecule has 44 heavy (non-hydrogen) atoms. The van der Waals surface area contributed by atoms with Crippen LogP contribution >= 0.6 is 0 Å². The first-order valence-corrected chi connectivity index (χ1v) is 14.7. The Labute approximate surface area is 255 Å². The molecular weight excluding hydrogens is 558 g/mol. The van der Waals surface area contributed by atoms with Gasteiger partial charge in [0.25, 0.3) is 5.91 Å². The number of imidazole rings is 1. The molecule has 0 spiro atoms. The fourth-order valence-electron chi connectivity index (χ4n) is 6.06. The summed E-state index contributed by atoms with van der Waals surface area (Å²) in [5.74, 6) is 1.16. The number of anilines is 1. The summed E-state index contributed by atoms with van der Waals surface area (Å²) >= 11 is 0. The highest BCUT2D eigenvalue weighted by Crippen LogP contribution is 2.30. The molecule has 0 saturated carbocycles. The van der Waals surface area contributed by atoms with Crippen molar-refractivity contribution in [3.05, 3.63) is 83.1 Å². The molecule has 2 aromatic carbocycles. The number of hydrogen-bond donors (Lipinski definition) is 2. The van der Waals surface area contributed by atoms with Crippen LogP contribution in [0.25, 0.3) is 16.9 Å². The topological polar surface area (TPSA) is 147 Å². The van der Waals surface area contributed by atoms with Crippen molar-refractivity contribution in [2.75, 3.05) is 45.0 Å². The molecule has 2 saturated heterocycles. The first-order valence-electron chi connectivity index (χ1n) is 14.7. The molecule has 4 heterocycles. The molecule has 226 valence electrons. The summed E-state index contributed by atoms with van der Waals surface area (Å²) in [6.07, 6.45) is 3.63. The van der Waals surface area contributed by atoms with E-state index in [0.717, 1.165) is 26.2 Å². The van der Waals surface area contributed by atoms with Crippen molar-refractivity contribution in [2.24, 2.45) is 0 Å². The van der Waals surface area contributed by atoms with Gasteiger partial charge < -0.3 is 20.7 Å². The van der Waals surface area contributed by atoms with Gasteiger partial charge in [-0.25, -0.2) is 14.8 Å². The summed E-state index contributed by atoms with van der Waals surface area (Å²) in [6.45, 7) is 8.11. The molecule has 12 heteroatoms. The zero-order valence-electron chi connectivity index (χ0n) is 24.8. The highest BCUT2D eigenvalue weighted by Gasteiger charge is 2.34. The standard InChI is InChI=1S/C32H35N9O3/c1-32(2,39-16-13-35-14-17-39)18-22(19-33)30(42)38-15-12-24(20-38)41-29-27(28(34)36-21-37-29)40(31(41)43)23-8-10-26(11-9-23)44-25-6-4-3-5-7-25/h3-11,18,21,24,35H,12-17,20H2,1-2H3,(H2,34,36,37)/b22-18-/t24-/m0/s1. The zero-order valence-corrected chi connectivity index (χ0v) is 24.8. The number of piperazine rings is 1. The Bertz CT molecular complexity index is 1800. The van der Waals surface area contributed by atoms with Gasteiger partial charge in [0.05, 0.1) is 11.7 Å². The number of aromatic nitrogens is 4. The van der Waals surface area contributed by atoms with Crippen molar-refractivity contribution in [2.45, 2.75) is 31.8 Å². The van der Waals surface area contributed by atoms with Crippen molar-refractivity contribution in [3.63, 3.8) is 0 Å². The average molecular weight is 594 g/mol. The van der Waals surface area contributed by atoms with Crippen LogP contribution < -0.4 is 21.5 Å². The molecule has 3 N–H and O–H groups in total. The number of ether oxygens (including phenoxy) is 1. The van der Waals surface area contributed by atoms with Crippen LogP contribution in [-0.2, 0) is 4.79 Å². The number of benzene rings is 2. The third-order valence-electron chi connectivity index (χ3n) is 8.35. The van der Waals surface area contributed by atoms with Gasteiger partial charge in [-0.1, -0.05) is 18.2 Å². The molecule has 2 fully saturated rings. The zero-order chi connectivity index (χ0) is 30.8. The number of likely N-dealkylation sites (tertiary alicyclic amines) is 1. The van der Waals surface area contributed by atoms with Gasteiger partial charge in [-0.15, -0.1) is 0 Å². The van der Waals surface area contributed by atoms with Gasteiger partial charge in [-0.3, -0.25) is 18.8 Å². The van der Waals surface area contributed by atoms with Gasteiger partial charge in [0.2, 0.25) is 0 Å². The summed E-state index contributed by atoms with van der Waals surface area (Å²) in [5, 5.41) is 13.3. The van der Waals surface area contributed by atoms with Gasteiger partial charge in [0.1, 0.15) is 35.0 Å². The summed E-state index contributed by atoms with van der Waals surface area (Å²) in [4.78, 5) is 40.1. The van der Waals surface area contributed by atoms with Crippen LogP contribution in [0.4, 0.5) is 5.82 Å². The maximum Gasteiger partial charge on any atom is 0.335 e. The molecule has 4 aromatic rings. The molecule has 0 unspecified atom stereocenters. The van der Waals surface area contributed by atoms with Crippen molar-refractivity contribution in [1.29, 1.82) is 5.26 Å². The quantitative estimate of drug-likeness (QED) is 0.244. The second-order valence-corrected chi connectivity index (χ2v) is 11.6. The van der Waals surface area contributed by atoms with Gasteiger partial charge in [0, 0.05) is 44.8 Å². The first kappa shape index (κ1) is 29.1. The molecule has 2 aromatic heterocycles. The predicted octanol–water partition coefficient (Wildman–Crippen LogP) is 2.86. The third kappa shape index (κ3) is 5.55. The largest absolute Gasteiger partial charge is 0.457 e. The number of nitriles is 1. The Morgan fingerprint density at radius 2 is 1.77 bits per heavy atom. The highest BCUT2D eigenvalue weighted by atomic mass is 16.5. The third-order valence-corrected chi connectivity index (χ3v) is 8.35. The van der Waals surface area contributed by atoms with Gasteiger partial charge >= 0.3 is 5.69 Å². The normalized spacial score (nSPS) is 18.0. The van der Waals surface area contributed by atoms with Crippen LogP contribution in [0.2, 0.25) is 0 Å². The average Bonchev–Trinajstić information content (AvgIpc) is 3.64. The molecule has 1 atom stereocenters. The van der Waals surface area contributed by atoms with E-state index in [1.54, 1.807) is 39.8 Å². The van der Waals surface area contributed by atoms with E-state index in [4.69, 9.17) is 10.5 Å². The Morgan fingerprint density at radius 3 is 2.48 bits per heavy atom. The molecule has 2 aliphatic heterocycles. The molecule has 0 aliphatic carbocycles. The fourth-order valence-corrected chi connectivity index (χ4v) is 6.06. The molecule has 12 nitrogen and oxygen atoms in total. The van der Waals surface area contributed by atoms with Crippen LogP contribution in [-0.4, -0.2) is 79.6 Å². The maximum atomic E-state index is 14.0. The summed E-state index contributed by atoms with van der Waals surface area (Å²) in [7, 11) is 0. The number of nitrogens with two attached hydrogens (primary N) is 1. The van der Waals surface area contributed by atoms with E-state index in [9.17, 15) is 14.9 Å². The van der Waals surface area contributed by atoms with Crippen LogP contribution in [0.15, 0.2) is 77.4 Å². The summed E-state index contributed by atoms with van der Waals surface area (Å²) < 4.78 is 9.00. The van der Waals surface area contributed by atoms with E-state index in [-0.39, 0.29) is 35.6 Å². The number of nitrogen functional groups attached to an aromatic ring is 1. The number of nitrogens with one attached hydrogen (secondary N) is 1. The molecule has 1 amide bonds. The number of carbonyl (C=O) groups excluding carboxylic acids is 1. The number of carbonyl (C=O) groups is 1. The lowest BCUT2D eigenvalue weighted by Crippen LogP contribution is -2.52. The number of hydrogen-bond acceptors (Lipinski definition) is 9.